The van der Waals surface area contributed by atoms with E-state index in [1.807, 2.05) is 6.92 Å². The van der Waals surface area contributed by atoms with Crippen molar-refractivity contribution in [2.75, 3.05) is 19.6 Å². The Kier molecular flexibility index (Phi) is 6.05. The van der Waals surface area contributed by atoms with Gasteiger partial charge >= 0.3 is 0 Å². The van der Waals surface area contributed by atoms with Crippen molar-refractivity contribution in [1.82, 2.24) is 25.0 Å². The Morgan fingerprint density at radius 1 is 1.14 bits per heavy atom. The number of hydrogen-bond donors (Lipinski definition) is 1. The molecule has 0 saturated carbocycles. The van der Waals surface area contributed by atoms with Crippen LogP contribution < -0.4 is 5.32 Å². The molecule has 1 atom stereocenters. The molecule has 29 heavy (non-hydrogen) atoms. The SMILES string of the molecule is C[C@@H](NC(=O)c1ccco1)c1nnc2n1CCN(CCCc1ccccc1)CC2. The molecule has 0 bridgehead atoms. The predicted octanol–water partition coefficient (Wildman–Crippen LogP) is 2.85. The minimum absolute atomic E-state index is 0.238. The van der Waals surface area contributed by atoms with Crippen molar-refractivity contribution in [2.45, 2.75) is 38.8 Å². The Morgan fingerprint density at radius 2 is 2.00 bits per heavy atom. The summed E-state index contributed by atoms with van der Waals surface area (Å²) in [6.07, 6.45) is 4.61. The molecule has 1 N–H and O–H groups in total. The van der Waals surface area contributed by atoms with Crippen molar-refractivity contribution in [2.24, 2.45) is 0 Å². The van der Waals surface area contributed by atoms with Crippen LogP contribution in [0, 0.1) is 0 Å². The first-order valence-corrected chi connectivity index (χ1v) is 10.2. The third kappa shape index (κ3) is 4.74. The zero-order valence-electron chi connectivity index (χ0n) is 16.8. The van der Waals surface area contributed by atoms with Crippen molar-refractivity contribution in [1.29, 1.82) is 0 Å². The second kappa shape index (κ2) is 9.05. The van der Waals surface area contributed by atoms with Crippen LogP contribution in [0.1, 0.15) is 47.2 Å². The van der Waals surface area contributed by atoms with Gasteiger partial charge in [-0.15, -0.1) is 10.2 Å². The Labute approximate surface area is 170 Å². The number of aryl methyl sites for hydroxylation is 1. The van der Waals surface area contributed by atoms with Crippen molar-refractivity contribution in [3.8, 4) is 0 Å². The van der Waals surface area contributed by atoms with E-state index in [0.29, 0.717) is 5.76 Å². The molecule has 4 rings (SSSR count). The van der Waals surface area contributed by atoms with E-state index >= 15 is 0 Å². The van der Waals surface area contributed by atoms with E-state index in [1.165, 1.54) is 11.8 Å². The normalized spacial score (nSPS) is 15.5. The highest BCUT2D eigenvalue weighted by atomic mass is 16.3. The van der Waals surface area contributed by atoms with E-state index in [9.17, 15) is 4.79 Å². The Hall–Kier alpha value is -2.93. The summed E-state index contributed by atoms with van der Waals surface area (Å²) in [5.74, 6) is 1.85. The van der Waals surface area contributed by atoms with E-state index in [0.717, 1.165) is 57.1 Å². The average molecular weight is 393 g/mol. The van der Waals surface area contributed by atoms with Gasteiger partial charge in [-0.25, -0.2) is 0 Å². The number of fused-ring (bicyclic) bond motifs is 1. The van der Waals surface area contributed by atoms with Crippen LogP contribution in [0.4, 0.5) is 0 Å². The Morgan fingerprint density at radius 3 is 2.79 bits per heavy atom. The van der Waals surface area contributed by atoms with Crippen molar-refractivity contribution < 1.29 is 9.21 Å². The average Bonchev–Trinajstić information content (AvgIpc) is 3.37. The maximum Gasteiger partial charge on any atom is 0.287 e. The van der Waals surface area contributed by atoms with E-state index < -0.39 is 0 Å². The van der Waals surface area contributed by atoms with E-state index in [1.54, 1.807) is 12.1 Å². The van der Waals surface area contributed by atoms with E-state index in [4.69, 9.17) is 4.42 Å². The highest BCUT2D eigenvalue weighted by molar-refractivity contribution is 5.91. The second-order valence-corrected chi connectivity index (χ2v) is 7.48. The van der Waals surface area contributed by atoms with Gasteiger partial charge in [-0.05, 0) is 44.0 Å². The van der Waals surface area contributed by atoms with Gasteiger partial charge in [-0.2, -0.15) is 0 Å². The van der Waals surface area contributed by atoms with Gasteiger partial charge in [-0.1, -0.05) is 30.3 Å². The van der Waals surface area contributed by atoms with Gasteiger partial charge in [-0.3, -0.25) is 4.79 Å². The smallest absolute Gasteiger partial charge is 0.287 e. The predicted molar refractivity (Wildman–Crippen MR) is 110 cm³/mol. The van der Waals surface area contributed by atoms with E-state index in [-0.39, 0.29) is 11.9 Å². The molecule has 1 aliphatic rings. The molecule has 0 aliphatic carbocycles. The van der Waals surface area contributed by atoms with Gasteiger partial charge in [0, 0.05) is 26.1 Å². The lowest BCUT2D eigenvalue weighted by Crippen LogP contribution is -2.30. The summed E-state index contributed by atoms with van der Waals surface area (Å²) in [4.78, 5) is 14.8. The summed E-state index contributed by atoms with van der Waals surface area (Å²) in [5, 5.41) is 11.7. The molecule has 3 aromatic rings. The lowest BCUT2D eigenvalue weighted by Gasteiger charge is -2.20. The number of aromatic nitrogens is 3. The van der Waals surface area contributed by atoms with Crippen molar-refractivity contribution in [3.05, 3.63) is 71.7 Å². The monoisotopic (exact) mass is 393 g/mol. The molecule has 0 saturated heterocycles. The highest BCUT2D eigenvalue weighted by Gasteiger charge is 2.23. The zero-order valence-corrected chi connectivity index (χ0v) is 16.8. The number of carbonyl (C=O) groups is 1. The van der Waals surface area contributed by atoms with Crippen LogP contribution in [0.25, 0.3) is 0 Å². The summed E-state index contributed by atoms with van der Waals surface area (Å²) < 4.78 is 7.33. The lowest BCUT2D eigenvalue weighted by atomic mass is 10.1. The van der Waals surface area contributed by atoms with Gasteiger partial charge in [0.05, 0.1) is 12.3 Å². The van der Waals surface area contributed by atoms with Crippen LogP contribution >= 0.6 is 0 Å². The molecule has 0 spiro atoms. The lowest BCUT2D eigenvalue weighted by molar-refractivity contribution is 0.0909. The minimum Gasteiger partial charge on any atom is -0.459 e. The van der Waals surface area contributed by atoms with Gasteiger partial charge in [0.1, 0.15) is 5.82 Å². The second-order valence-electron chi connectivity index (χ2n) is 7.48. The number of carbonyl (C=O) groups excluding carboxylic acids is 1. The van der Waals surface area contributed by atoms with Gasteiger partial charge in [0.2, 0.25) is 0 Å². The maximum atomic E-state index is 12.3. The van der Waals surface area contributed by atoms with E-state index in [2.05, 4.69) is 55.3 Å². The standard InChI is InChI=1S/C22H27N5O2/c1-17(23-22(28)19-10-6-16-29-19)21-25-24-20-11-13-26(14-15-27(20)21)12-5-9-18-7-3-2-4-8-18/h2-4,6-8,10,16-17H,5,9,11-15H2,1H3,(H,23,28)/t17-/m1/s1. The molecule has 1 aromatic carbocycles. The molecule has 7 heteroatoms. The van der Waals surface area contributed by atoms with Crippen LogP contribution in [-0.2, 0) is 19.4 Å². The fourth-order valence-electron chi connectivity index (χ4n) is 3.82. The molecule has 1 aliphatic heterocycles. The molecule has 1 amide bonds. The fourth-order valence-corrected chi connectivity index (χ4v) is 3.82. The molecule has 152 valence electrons. The Bertz CT molecular complexity index is 920. The molecule has 0 radical (unpaired) electrons. The molecule has 7 nitrogen and oxygen atoms in total. The minimum atomic E-state index is -0.240. The number of nitrogens with zero attached hydrogens (tertiary/aromatic N) is 4. The number of hydrogen-bond acceptors (Lipinski definition) is 5. The molecule has 3 heterocycles. The highest BCUT2D eigenvalue weighted by Crippen LogP contribution is 2.16. The summed E-state index contributed by atoms with van der Waals surface area (Å²) in [6, 6.07) is 13.8. The van der Waals surface area contributed by atoms with Crippen molar-refractivity contribution in [3.63, 3.8) is 0 Å². The maximum absolute atomic E-state index is 12.3. The van der Waals surface area contributed by atoms with Gasteiger partial charge in [0.15, 0.2) is 11.6 Å². The molecule has 0 unspecified atom stereocenters. The number of amides is 1. The summed E-state index contributed by atoms with van der Waals surface area (Å²) >= 11 is 0. The van der Waals surface area contributed by atoms with Crippen molar-refractivity contribution >= 4 is 5.91 Å². The Balaban J connectivity index is 1.32. The van der Waals surface area contributed by atoms with Crippen LogP contribution in [0.3, 0.4) is 0 Å². The molecular formula is C22H27N5O2. The largest absolute Gasteiger partial charge is 0.459 e. The van der Waals surface area contributed by atoms with Crippen LogP contribution in [0.15, 0.2) is 53.1 Å². The number of benzene rings is 1. The van der Waals surface area contributed by atoms with Crippen LogP contribution in [0.2, 0.25) is 0 Å². The fraction of sp³-hybridized carbons (Fsp3) is 0.409. The van der Waals surface area contributed by atoms with Gasteiger partial charge < -0.3 is 19.2 Å². The third-order valence-corrected chi connectivity index (χ3v) is 5.41. The molecule has 0 fully saturated rings. The first kappa shape index (κ1) is 19.4. The topological polar surface area (TPSA) is 76.2 Å². The van der Waals surface area contributed by atoms with Gasteiger partial charge in [0.25, 0.3) is 5.91 Å². The van der Waals surface area contributed by atoms with Crippen LogP contribution in [-0.4, -0.2) is 45.2 Å². The first-order chi connectivity index (χ1) is 14.2. The molecule has 2 aromatic heterocycles. The number of nitrogens with one attached hydrogen (secondary N) is 1. The van der Waals surface area contributed by atoms with Crippen LogP contribution in [0.5, 0.6) is 0 Å². The summed E-state index contributed by atoms with van der Waals surface area (Å²) in [7, 11) is 0. The quantitative estimate of drug-likeness (QED) is 0.668. The third-order valence-electron chi connectivity index (χ3n) is 5.41. The summed E-state index contributed by atoms with van der Waals surface area (Å²) in [5.41, 5.74) is 1.39. The number of furan rings is 1. The molecular weight excluding hydrogens is 366 g/mol. The zero-order chi connectivity index (χ0) is 20.1. The summed E-state index contributed by atoms with van der Waals surface area (Å²) in [6.45, 7) is 5.80. The number of rotatable bonds is 7. The first-order valence-electron chi connectivity index (χ1n) is 10.2.